The monoisotopic (exact) mass is 381 g/mol. The summed E-state index contributed by atoms with van der Waals surface area (Å²) in [5.41, 5.74) is 0.857. The molecule has 23 heavy (non-hydrogen) atoms. The molecule has 0 heterocycles. The largest absolute Gasteiger partial charge is 0.479 e. The molecule has 2 aromatic rings. The van der Waals surface area contributed by atoms with Crippen molar-refractivity contribution in [3.63, 3.8) is 0 Å². The first-order valence-corrected chi connectivity index (χ1v) is 7.41. The molecule has 120 valence electrons. The molecule has 0 fully saturated rings. The smallest absolute Gasteiger partial charge is 0.408 e. The molecule has 0 aromatic heterocycles. The average molecular weight is 382 g/mol. The van der Waals surface area contributed by atoms with Gasteiger partial charge in [-0.05, 0) is 23.8 Å². The normalized spacial score (nSPS) is 11.6. The van der Waals surface area contributed by atoms with Crippen molar-refractivity contribution < 1.29 is 23.8 Å². The van der Waals surface area contributed by atoms with E-state index < -0.39 is 23.9 Å². The van der Waals surface area contributed by atoms with Crippen LogP contribution in [0, 0.1) is 5.82 Å². The number of alkyl carbamates (subject to hydrolysis) is 1. The molecule has 0 aliphatic carbocycles. The maximum atomic E-state index is 13.3. The molecule has 0 saturated heterocycles. The first-order chi connectivity index (χ1) is 11.0. The Balaban J connectivity index is 2.06. The predicted molar refractivity (Wildman–Crippen MR) is 84.2 cm³/mol. The molecule has 7 heteroatoms. The fourth-order valence-corrected chi connectivity index (χ4v) is 2.37. The second-order valence-electron chi connectivity index (χ2n) is 4.64. The lowest BCUT2D eigenvalue weighted by Crippen LogP contribution is -2.34. The fourth-order valence-electron chi connectivity index (χ4n) is 1.89. The number of carbonyl (C=O) groups is 2. The molecule has 1 unspecified atom stereocenters. The van der Waals surface area contributed by atoms with Crippen LogP contribution in [-0.4, -0.2) is 17.2 Å². The molecule has 0 aliphatic heterocycles. The summed E-state index contributed by atoms with van der Waals surface area (Å²) in [4.78, 5) is 23.2. The Morgan fingerprint density at radius 1 is 1.22 bits per heavy atom. The van der Waals surface area contributed by atoms with Gasteiger partial charge in [0.05, 0.1) is 0 Å². The molecule has 1 atom stereocenters. The number of rotatable bonds is 5. The van der Waals surface area contributed by atoms with Gasteiger partial charge in [0.1, 0.15) is 12.4 Å². The van der Waals surface area contributed by atoms with Crippen molar-refractivity contribution in [1.29, 1.82) is 0 Å². The highest BCUT2D eigenvalue weighted by Gasteiger charge is 2.25. The highest BCUT2D eigenvalue weighted by Crippen LogP contribution is 2.25. The molecule has 0 saturated carbocycles. The zero-order valence-electron chi connectivity index (χ0n) is 11.8. The van der Waals surface area contributed by atoms with E-state index in [9.17, 15) is 19.1 Å². The SMILES string of the molecule is O=C(NC(C(=O)O)c1cc(F)ccc1Br)OCc1ccccc1. The van der Waals surface area contributed by atoms with Gasteiger partial charge >= 0.3 is 12.1 Å². The van der Waals surface area contributed by atoms with E-state index in [1.165, 1.54) is 12.1 Å². The van der Waals surface area contributed by atoms with Crippen LogP contribution in [0.15, 0.2) is 53.0 Å². The number of carboxylic acids is 1. The van der Waals surface area contributed by atoms with Crippen molar-refractivity contribution >= 4 is 28.0 Å². The third-order valence-electron chi connectivity index (χ3n) is 2.99. The maximum absolute atomic E-state index is 13.3. The van der Waals surface area contributed by atoms with E-state index >= 15 is 0 Å². The third-order valence-corrected chi connectivity index (χ3v) is 3.71. The summed E-state index contributed by atoms with van der Waals surface area (Å²) >= 11 is 3.14. The standard InChI is InChI=1S/C16H13BrFNO4/c17-13-7-6-11(18)8-12(13)14(15(20)21)19-16(22)23-9-10-4-2-1-3-5-10/h1-8,14H,9H2,(H,19,22)(H,20,21). The highest BCUT2D eigenvalue weighted by atomic mass is 79.9. The van der Waals surface area contributed by atoms with E-state index in [1.54, 1.807) is 24.3 Å². The molecule has 2 aromatic carbocycles. The molecule has 0 spiro atoms. The predicted octanol–water partition coefficient (Wildman–Crippen LogP) is 3.64. The highest BCUT2D eigenvalue weighted by molar-refractivity contribution is 9.10. The lowest BCUT2D eigenvalue weighted by atomic mass is 10.1. The number of hydrogen-bond donors (Lipinski definition) is 2. The number of aliphatic carboxylic acids is 1. The fraction of sp³-hybridized carbons (Fsp3) is 0.125. The summed E-state index contributed by atoms with van der Waals surface area (Å²) in [6.45, 7) is 0.00331. The lowest BCUT2D eigenvalue weighted by molar-refractivity contribution is -0.139. The second-order valence-corrected chi connectivity index (χ2v) is 5.50. The quantitative estimate of drug-likeness (QED) is 0.828. The summed E-state index contributed by atoms with van der Waals surface area (Å²) in [7, 11) is 0. The minimum absolute atomic E-state index is 0.00331. The van der Waals surface area contributed by atoms with Gasteiger partial charge < -0.3 is 15.2 Å². The topological polar surface area (TPSA) is 75.6 Å². The summed E-state index contributed by atoms with van der Waals surface area (Å²) in [5.74, 6) is -1.93. The van der Waals surface area contributed by atoms with E-state index in [2.05, 4.69) is 21.2 Å². The Labute approximate surface area is 140 Å². The van der Waals surface area contributed by atoms with Gasteiger partial charge in [-0.1, -0.05) is 46.3 Å². The summed E-state index contributed by atoms with van der Waals surface area (Å²) in [6.07, 6.45) is -0.905. The van der Waals surface area contributed by atoms with E-state index in [4.69, 9.17) is 4.74 Å². The van der Waals surface area contributed by atoms with Crippen LogP contribution in [0.3, 0.4) is 0 Å². The average Bonchev–Trinajstić information content (AvgIpc) is 2.54. The van der Waals surface area contributed by atoms with Crippen molar-refractivity contribution in [2.75, 3.05) is 0 Å². The van der Waals surface area contributed by atoms with Crippen LogP contribution in [-0.2, 0) is 16.1 Å². The van der Waals surface area contributed by atoms with Gasteiger partial charge in [0.2, 0.25) is 0 Å². The molecule has 0 aliphatic rings. The van der Waals surface area contributed by atoms with Crippen molar-refractivity contribution in [3.8, 4) is 0 Å². The van der Waals surface area contributed by atoms with Crippen LogP contribution >= 0.6 is 15.9 Å². The lowest BCUT2D eigenvalue weighted by Gasteiger charge is -2.16. The first-order valence-electron chi connectivity index (χ1n) is 6.62. The minimum Gasteiger partial charge on any atom is -0.479 e. The number of benzene rings is 2. The van der Waals surface area contributed by atoms with Crippen LogP contribution in [0.1, 0.15) is 17.2 Å². The van der Waals surface area contributed by atoms with Gasteiger partial charge in [-0.15, -0.1) is 0 Å². The van der Waals surface area contributed by atoms with E-state index in [0.29, 0.717) is 4.47 Å². The van der Waals surface area contributed by atoms with Crippen molar-refractivity contribution in [3.05, 3.63) is 69.9 Å². The minimum atomic E-state index is -1.43. The molecule has 0 radical (unpaired) electrons. The number of carbonyl (C=O) groups excluding carboxylic acids is 1. The Morgan fingerprint density at radius 3 is 2.57 bits per heavy atom. The maximum Gasteiger partial charge on any atom is 0.408 e. The number of ether oxygens (including phenoxy) is 1. The number of hydrogen-bond acceptors (Lipinski definition) is 3. The zero-order valence-corrected chi connectivity index (χ0v) is 13.4. The summed E-state index contributed by atoms with van der Waals surface area (Å²) < 4.78 is 18.7. The van der Waals surface area contributed by atoms with Gasteiger partial charge in [0.15, 0.2) is 6.04 Å². The van der Waals surface area contributed by atoms with Crippen LogP contribution in [0.25, 0.3) is 0 Å². The number of amides is 1. The van der Waals surface area contributed by atoms with Crippen molar-refractivity contribution in [2.24, 2.45) is 0 Å². The van der Waals surface area contributed by atoms with Gasteiger partial charge in [-0.2, -0.15) is 0 Å². The van der Waals surface area contributed by atoms with Crippen molar-refractivity contribution in [1.82, 2.24) is 5.32 Å². The Bertz CT molecular complexity index is 708. The zero-order chi connectivity index (χ0) is 16.8. The van der Waals surface area contributed by atoms with Crippen molar-refractivity contribution in [2.45, 2.75) is 12.6 Å². The molecule has 0 bridgehead atoms. The molecule has 5 nitrogen and oxygen atoms in total. The van der Waals surface area contributed by atoms with E-state index in [0.717, 1.165) is 11.6 Å². The molecule has 2 N–H and O–H groups in total. The number of carboxylic acid groups (broad SMARTS) is 1. The van der Waals surface area contributed by atoms with Gasteiger partial charge in [0.25, 0.3) is 0 Å². The molecule has 1 amide bonds. The van der Waals surface area contributed by atoms with Crippen LogP contribution in [0.4, 0.5) is 9.18 Å². The number of nitrogens with one attached hydrogen (secondary N) is 1. The summed E-state index contributed by atoms with van der Waals surface area (Å²) in [5, 5.41) is 11.5. The second kappa shape index (κ2) is 7.73. The number of halogens is 2. The van der Waals surface area contributed by atoms with E-state index in [1.807, 2.05) is 6.07 Å². The summed E-state index contributed by atoms with van der Waals surface area (Å²) in [6, 6.07) is 11.1. The Hall–Kier alpha value is -2.41. The van der Waals surface area contributed by atoms with Crippen LogP contribution < -0.4 is 5.32 Å². The van der Waals surface area contributed by atoms with E-state index in [-0.39, 0.29) is 12.2 Å². The Morgan fingerprint density at radius 2 is 1.91 bits per heavy atom. The third kappa shape index (κ3) is 4.79. The van der Waals surface area contributed by atoms with Crippen LogP contribution in [0.5, 0.6) is 0 Å². The Kier molecular flexibility index (Phi) is 5.70. The first kappa shape index (κ1) is 17.0. The molecular formula is C16H13BrFNO4. The van der Waals surface area contributed by atoms with Crippen LogP contribution in [0.2, 0.25) is 0 Å². The molecular weight excluding hydrogens is 369 g/mol. The molecule has 2 rings (SSSR count). The van der Waals surface area contributed by atoms with Gasteiger partial charge in [-0.25, -0.2) is 14.0 Å². The van der Waals surface area contributed by atoms with Gasteiger partial charge in [0, 0.05) is 10.0 Å². The van der Waals surface area contributed by atoms with Gasteiger partial charge in [-0.3, -0.25) is 0 Å².